The first-order chi connectivity index (χ1) is 15.3. The van der Waals surface area contributed by atoms with Crippen molar-refractivity contribution in [3.63, 3.8) is 0 Å². The third kappa shape index (κ3) is 3.86. The average Bonchev–Trinajstić information content (AvgIpc) is 3.13. The summed E-state index contributed by atoms with van der Waals surface area (Å²) < 4.78 is 7.21. The second-order valence-corrected chi connectivity index (χ2v) is 14.2. The first kappa shape index (κ1) is 22.3. The summed E-state index contributed by atoms with van der Waals surface area (Å²) in [6.45, 7) is 9.10. The van der Waals surface area contributed by atoms with Crippen LogP contribution in [0.25, 0.3) is 0 Å². The molecule has 0 radical (unpaired) electrons. The Balaban J connectivity index is 1.88. The zero-order valence-corrected chi connectivity index (χ0v) is 20.5. The van der Waals surface area contributed by atoms with Gasteiger partial charge in [0.2, 0.25) is 0 Å². The van der Waals surface area contributed by atoms with Crippen molar-refractivity contribution in [2.45, 2.75) is 51.0 Å². The van der Waals surface area contributed by atoms with Crippen molar-refractivity contribution in [1.29, 1.82) is 0 Å². The Morgan fingerprint density at radius 2 is 1.50 bits per heavy atom. The van der Waals surface area contributed by atoms with Crippen LogP contribution in [0.1, 0.15) is 45.2 Å². The van der Waals surface area contributed by atoms with Gasteiger partial charge in [-0.25, -0.2) is 0 Å². The maximum absolute atomic E-state index is 11.0. The van der Waals surface area contributed by atoms with E-state index in [9.17, 15) is 4.79 Å². The van der Waals surface area contributed by atoms with Gasteiger partial charge in [0.25, 0.3) is 0 Å². The molecule has 0 aliphatic heterocycles. The molecule has 3 aromatic rings. The van der Waals surface area contributed by atoms with Gasteiger partial charge in [-0.1, -0.05) is 101 Å². The lowest BCUT2D eigenvalue weighted by molar-refractivity contribution is -0.104. The number of aldehydes is 1. The third-order valence-corrected chi connectivity index (χ3v) is 11.8. The van der Waals surface area contributed by atoms with Gasteiger partial charge in [0, 0.05) is 5.41 Å². The van der Waals surface area contributed by atoms with Gasteiger partial charge in [0.15, 0.2) is 0 Å². The maximum Gasteiger partial charge on any atom is 0.319 e. The molecule has 32 heavy (non-hydrogen) atoms. The molecule has 1 aliphatic rings. The van der Waals surface area contributed by atoms with E-state index in [1.54, 1.807) is 6.08 Å². The Kier molecular flexibility index (Phi) is 5.96. The van der Waals surface area contributed by atoms with E-state index in [1.165, 1.54) is 21.5 Å². The quantitative estimate of drug-likeness (QED) is 0.284. The molecule has 1 unspecified atom stereocenters. The zero-order valence-electron chi connectivity index (χ0n) is 19.5. The van der Waals surface area contributed by atoms with Crippen molar-refractivity contribution in [3.8, 4) is 5.75 Å². The van der Waals surface area contributed by atoms with Gasteiger partial charge in [-0.15, -0.1) is 0 Å². The number of hydrogen-bond acceptors (Lipinski definition) is 2. The molecular formula is C29H32O2Si. The number of benzene rings is 3. The summed E-state index contributed by atoms with van der Waals surface area (Å²) in [4.78, 5) is 11.0. The number of aryl methyl sites for hydroxylation is 1. The van der Waals surface area contributed by atoms with E-state index in [1.807, 2.05) is 6.08 Å². The van der Waals surface area contributed by atoms with Crippen LogP contribution in [0.3, 0.4) is 0 Å². The monoisotopic (exact) mass is 440 g/mol. The van der Waals surface area contributed by atoms with Crippen LogP contribution in [0.15, 0.2) is 91.0 Å². The Labute approximate surface area is 193 Å². The lowest BCUT2D eigenvalue weighted by atomic mass is 9.84. The highest BCUT2D eigenvalue weighted by molar-refractivity contribution is 7.00. The molecule has 2 nitrogen and oxygen atoms in total. The summed E-state index contributed by atoms with van der Waals surface area (Å²) in [5, 5.41) is 2.45. The molecule has 0 fully saturated rings. The molecule has 0 aromatic heterocycles. The van der Waals surface area contributed by atoms with Crippen LogP contribution in [0.2, 0.25) is 5.04 Å². The second-order valence-electron chi connectivity index (χ2n) is 10.00. The van der Waals surface area contributed by atoms with Crippen LogP contribution in [0.4, 0.5) is 0 Å². The van der Waals surface area contributed by atoms with Crippen LogP contribution < -0.4 is 14.8 Å². The molecule has 0 heterocycles. The normalized spacial score (nSPS) is 18.5. The lowest BCUT2D eigenvalue weighted by Crippen LogP contribution is -2.68. The van der Waals surface area contributed by atoms with Crippen molar-refractivity contribution in [1.82, 2.24) is 0 Å². The van der Waals surface area contributed by atoms with Crippen molar-refractivity contribution >= 4 is 25.0 Å². The first-order valence-electron chi connectivity index (χ1n) is 11.4. The summed E-state index contributed by atoms with van der Waals surface area (Å²) in [6.07, 6.45) is 6.57. The smallest absolute Gasteiger partial charge is 0.319 e. The zero-order chi connectivity index (χ0) is 22.8. The molecule has 0 saturated carbocycles. The highest BCUT2D eigenvalue weighted by atomic mass is 28.4. The van der Waals surface area contributed by atoms with Gasteiger partial charge >= 0.3 is 8.32 Å². The maximum atomic E-state index is 11.0. The topological polar surface area (TPSA) is 26.3 Å². The van der Waals surface area contributed by atoms with Gasteiger partial charge in [-0.05, 0) is 57.6 Å². The SMILES string of the molecule is CC1(/C=C/C=O)CCc2ccc(O[Si](c3ccccc3)(c3ccccc3)C(C)(C)C)cc21. The molecule has 0 N–H and O–H groups in total. The molecule has 3 aromatic carbocycles. The van der Waals surface area contributed by atoms with E-state index >= 15 is 0 Å². The highest BCUT2D eigenvalue weighted by Crippen LogP contribution is 2.43. The fourth-order valence-electron chi connectivity index (χ4n) is 5.15. The van der Waals surface area contributed by atoms with E-state index in [4.69, 9.17) is 4.43 Å². The molecule has 0 bridgehead atoms. The minimum atomic E-state index is -2.67. The fourth-order valence-corrected chi connectivity index (χ4v) is 9.56. The van der Waals surface area contributed by atoms with Gasteiger partial charge in [0.05, 0.1) is 0 Å². The minimum Gasteiger partial charge on any atom is -0.534 e. The Hall–Kier alpha value is -2.91. The number of fused-ring (bicyclic) bond motifs is 1. The van der Waals surface area contributed by atoms with Crippen LogP contribution in [0, 0.1) is 0 Å². The Bertz CT molecular complexity index is 1070. The largest absolute Gasteiger partial charge is 0.534 e. The van der Waals surface area contributed by atoms with Gasteiger partial charge in [-0.3, -0.25) is 4.79 Å². The van der Waals surface area contributed by atoms with Gasteiger partial charge in [0.1, 0.15) is 12.0 Å². The summed E-state index contributed by atoms with van der Waals surface area (Å²) >= 11 is 0. The fraction of sp³-hybridized carbons (Fsp3) is 0.276. The van der Waals surface area contributed by atoms with Crippen molar-refractivity contribution in [2.24, 2.45) is 0 Å². The molecule has 0 amide bonds. The highest BCUT2D eigenvalue weighted by Gasteiger charge is 2.52. The molecular weight excluding hydrogens is 408 g/mol. The summed E-state index contributed by atoms with van der Waals surface area (Å²) in [5.41, 5.74) is 2.48. The summed E-state index contributed by atoms with van der Waals surface area (Å²) in [7, 11) is -2.67. The summed E-state index contributed by atoms with van der Waals surface area (Å²) in [6, 6.07) is 28.0. The molecule has 0 saturated heterocycles. The molecule has 1 atom stereocenters. The number of carbonyl (C=O) groups is 1. The number of allylic oxidation sites excluding steroid dienone is 2. The average molecular weight is 441 g/mol. The molecule has 1 aliphatic carbocycles. The molecule has 3 heteroatoms. The predicted molar refractivity (Wildman–Crippen MR) is 136 cm³/mol. The van der Waals surface area contributed by atoms with Crippen LogP contribution in [-0.4, -0.2) is 14.6 Å². The van der Waals surface area contributed by atoms with E-state index < -0.39 is 8.32 Å². The molecule has 0 spiro atoms. The van der Waals surface area contributed by atoms with E-state index in [-0.39, 0.29) is 10.5 Å². The standard InChI is InChI=1S/C29H32O2Si/c1-28(2,3)32(25-12-7-5-8-13-25,26-14-9-6-10-15-26)31-24-17-16-23-18-20-29(4,19-11-21-30)27(23)22-24/h5-17,19,21-22H,18,20H2,1-4H3/b19-11+. The number of hydrogen-bond donors (Lipinski definition) is 0. The van der Waals surface area contributed by atoms with E-state index in [0.717, 1.165) is 24.9 Å². The third-order valence-electron chi connectivity index (χ3n) is 6.84. The van der Waals surface area contributed by atoms with E-state index in [2.05, 4.69) is 107 Å². The van der Waals surface area contributed by atoms with Crippen LogP contribution in [0.5, 0.6) is 5.75 Å². The predicted octanol–water partition coefficient (Wildman–Crippen LogP) is 5.58. The number of carbonyl (C=O) groups excluding carboxylic acids is 1. The van der Waals surface area contributed by atoms with Crippen LogP contribution in [-0.2, 0) is 16.6 Å². The second kappa shape index (κ2) is 8.55. The summed E-state index contributed by atoms with van der Waals surface area (Å²) in [5.74, 6) is 0.908. The van der Waals surface area contributed by atoms with Crippen molar-refractivity contribution in [2.75, 3.05) is 0 Å². The van der Waals surface area contributed by atoms with Gasteiger partial charge in [-0.2, -0.15) is 0 Å². The molecule has 4 rings (SSSR count). The molecule has 164 valence electrons. The van der Waals surface area contributed by atoms with E-state index in [0.29, 0.717) is 0 Å². The van der Waals surface area contributed by atoms with Gasteiger partial charge < -0.3 is 4.43 Å². The lowest BCUT2D eigenvalue weighted by Gasteiger charge is -2.43. The Morgan fingerprint density at radius 1 is 0.906 bits per heavy atom. The van der Waals surface area contributed by atoms with Crippen LogP contribution >= 0.6 is 0 Å². The number of rotatable bonds is 6. The van der Waals surface area contributed by atoms with Crippen molar-refractivity contribution < 1.29 is 9.22 Å². The minimum absolute atomic E-state index is 0.0879. The Morgan fingerprint density at radius 3 is 2.03 bits per heavy atom. The van der Waals surface area contributed by atoms with Crippen molar-refractivity contribution in [3.05, 3.63) is 102 Å². The first-order valence-corrected chi connectivity index (χ1v) is 13.3.